The molecule has 33 heavy (non-hydrogen) atoms. The SMILES string of the molecule is Cc1cc(C)c(COc2nsc(NC(=O)NCC(O)CN3CCOCC3)c2C(=O)O)c(F)c1. The van der Waals surface area contributed by atoms with E-state index in [1.54, 1.807) is 19.9 Å². The summed E-state index contributed by atoms with van der Waals surface area (Å²) in [6.07, 6.45) is -0.791. The van der Waals surface area contributed by atoms with Crippen LogP contribution in [0, 0.1) is 19.7 Å². The Labute approximate surface area is 194 Å². The third-order valence-corrected chi connectivity index (χ3v) is 5.83. The molecule has 180 valence electrons. The second-order valence-electron chi connectivity index (χ2n) is 7.73. The van der Waals surface area contributed by atoms with Crippen LogP contribution in [0.3, 0.4) is 0 Å². The van der Waals surface area contributed by atoms with Crippen LogP contribution in [0.15, 0.2) is 12.1 Å². The molecular formula is C21H27FN4O6S. The van der Waals surface area contributed by atoms with E-state index in [0.717, 1.165) is 17.1 Å². The zero-order chi connectivity index (χ0) is 24.0. The van der Waals surface area contributed by atoms with E-state index in [1.165, 1.54) is 6.07 Å². The van der Waals surface area contributed by atoms with Gasteiger partial charge in [0.05, 0.1) is 19.3 Å². The average Bonchev–Trinajstić information content (AvgIpc) is 3.15. The van der Waals surface area contributed by atoms with Gasteiger partial charge in [-0.3, -0.25) is 10.2 Å². The van der Waals surface area contributed by atoms with Crippen molar-refractivity contribution >= 4 is 28.5 Å². The number of hydrogen-bond acceptors (Lipinski definition) is 8. The van der Waals surface area contributed by atoms with Gasteiger partial charge in [-0.1, -0.05) is 6.07 Å². The molecule has 1 atom stereocenters. The molecule has 1 fully saturated rings. The molecule has 1 saturated heterocycles. The highest BCUT2D eigenvalue weighted by molar-refractivity contribution is 7.11. The van der Waals surface area contributed by atoms with Crippen LogP contribution in [0.1, 0.15) is 27.0 Å². The summed E-state index contributed by atoms with van der Waals surface area (Å²) in [4.78, 5) is 26.0. The van der Waals surface area contributed by atoms with Crippen molar-refractivity contribution < 1.29 is 33.7 Å². The Morgan fingerprint density at radius 2 is 2.06 bits per heavy atom. The van der Waals surface area contributed by atoms with Crippen LogP contribution < -0.4 is 15.4 Å². The first-order chi connectivity index (χ1) is 15.7. The first-order valence-corrected chi connectivity index (χ1v) is 11.2. The third-order valence-electron chi connectivity index (χ3n) is 5.09. The van der Waals surface area contributed by atoms with Crippen molar-refractivity contribution in [3.63, 3.8) is 0 Å². The molecule has 1 aliphatic rings. The number of benzene rings is 1. The number of hydrogen-bond donors (Lipinski definition) is 4. The number of aromatic nitrogens is 1. The number of carboxylic acid groups (broad SMARTS) is 1. The lowest BCUT2D eigenvalue weighted by atomic mass is 10.1. The molecule has 3 rings (SSSR count). The van der Waals surface area contributed by atoms with Crippen LogP contribution in [-0.2, 0) is 11.3 Å². The number of nitrogens with one attached hydrogen (secondary N) is 2. The summed E-state index contributed by atoms with van der Waals surface area (Å²) in [5.41, 5.74) is 1.41. The van der Waals surface area contributed by atoms with Gasteiger partial charge in [-0.25, -0.2) is 14.0 Å². The summed E-state index contributed by atoms with van der Waals surface area (Å²) < 4.78 is 28.9. The molecule has 1 aromatic heterocycles. The predicted molar refractivity (Wildman–Crippen MR) is 120 cm³/mol. The number of β-amino-alcohol motifs (C(OH)–C–C–N with tert-alkyl or cyclic N) is 1. The van der Waals surface area contributed by atoms with E-state index in [2.05, 4.69) is 15.0 Å². The molecule has 0 spiro atoms. The molecule has 0 saturated carbocycles. The number of morpholine rings is 1. The van der Waals surface area contributed by atoms with E-state index in [9.17, 15) is 24.2 Å². The highest BCUT2D eigenvalue weighted by Crippen LogP contribution is 2.31. The van der Waals surface area contributed by atoms with Gasteiger partial charge >= 0.3 is 12.0 Å². The van der Waals surface area contributed by atoms with Crippen LogP contribution >= 0.6 is 11.5 Å². The number of urea groups is 1. The normalized spacial score (nSPS) is 15.2. The molecule has 0 radical (unpaired) electrons. The molecule has 0 aliphatic carbocycles. The number of anilines is 1. The van der Waals surface area contributed by atoms with E-state index in [0.29, 0.717) is 44.0 Å². The Bertz CT molecular complexity index is 972. The zero-order valence-electron chi connectivity index (χ0n) is 18.4. The van der Waals surface area contributed by atoms with Gasteiger partial charge < -0.3 is 25.0 Å². The van der Waals surface area contributed by atoms with Crippen LogP contribution in [0.25, 0.3) is 0 Å². The maximum Gasteiger partial charge on any atom is 0.344 e. The number of aromatic carboxylic acids is 1. The average molecular weight is 483 g/mol. The molecule has 2 heterocycles. The monoisotopic (exact) mass is 482 g/mol. The topological polar surface area (TPSA) is 133 Å². The van der Waals surface area contributed by atoms with E-state index in [4.69, 9.17) is 9.47 Å². The van der Waals surface area contributed by atoms with Crippen molar-refractivity contribution in [3.05, 3.63) is 40.2 Å². The lowest BCUT2D eigenvalue weighted by molar-refractivity contribution is 0.0154. The molecule has 10 nitrogen and oxygen atoms in total. The summed E-state index contributed by atoms with van der Waals surface area (Å²) in [6, 6.07) is 2.48. The fraction of sp³-hybridized carbons (Fsp3) is 0.476. The van der Waals surface area contributed by atoms with Gasteiger partial charge in [0.25, 0.3) is 0 Å². The standard InChI is InChI=1S/C21H27FN4O6S/c1-12-7-13(2)15(16(22)8-12)11-32-18-17(20(28)29)19(33-25-18)24-21(30)23-9-14(27)10-26-3-5-31-6-4-26/h7-8,14,27H,3-6,9-11H2,1-2H3,(H,28,29)(H2,23,24,30). The lowest BCUT2D eigenvalue weighted by Crippen LogP contribution is -2.45. The summed E-state index contributed by atoms with van der Waals surface area (Å²) in [7, 11) is 0. The number of aliphatic hydroxyl groups excluding tert-OH is 1. The molecule has 1 unspecified atom stereocenters. The number of carboxylic acids is 1. The van der Waals surface area contributed by atoms with Gasteiger partial charge in [0.1, 0.15) is 17.4 Å². The highest BCUT2D eigenvalue weighted by atomic mass is 32.1. The van der Waals surface area contributed by atoms with Gasteiger partial charge in [0, 0.05) is 31.7 Å². The highest BCUT2D eigenvalue weighted by Gasteiger charge is 2.24. The fourth-order valence-corrected chi connectivity index (χ4v) is 4.14. The quantitative estimate of drug-likeness (QED) is 0.427. The molecule has 2 amide bonds. The number of aliphatic hydroxyl groups is 1. The second kappa shape index (κ2) is 11.4. The van der Waals surface area contributed by atoms with Crippen molar-refractivity contribution in [3.8, 4) is 5.88 Å². The van der Waals surface area contributed by atoms with E-state index in [1.807, 2.05) is 4.90 Å². The zero-order valence-corrected chi connectivity index (χ0v) is 19.2. The predicted octanol–water partition coefficient (Wildman–Crippen LogP) is 1.99. The number of carbonyl (C=O) groups excluding carboxylic acids is 1. The summed E-state index contributed by atoms with van der Waals surface area (Å²) >= 11 is 0.735. The number of nitrogens with zero attached hydrogens (tertiary/aromatic N) is 2. The summed E-state index contributed by atoms with van der Waals surface area (Å²) in [5.74, 6) is -2.01. The van der Waals surface area contributed by atoms with Crippen molar-refractivity contribution in [1.82, 2.24) is 14.6 Å². The molecule has 1 aliphatic heterocycles. The second-order valence-corrected chi connectivity index (χ2v) is 8.50. The van der Waals surface area contributed by atoms with Crippen LogP contribution in [0.2, 0.25) is 0 Å². The van der Waals surface area contributed by atoms with Gasteiger partial charge in [-0.15, -0.1) is 0 Å². The number of carbonyl (C=O) groups is 2. The minimum atomic E-state index is -1.34. The Morgan fingerprint density at radius 3 is 2.73 bits per heavy atom. The Hall–Kier alpha value is -2.80. The Morgan fingerprint density at radius 1 is 1.33 bits per heavy atom. The summed E-state index contributed by atoms with van der Waals surface area (Å²) in [5, 5.41) is 24.6. The molecular weight excluding hydrogens is 455 g/mol. The molecule has 2 aromatic rings. The number of halogens is 1. The van der Waals surface area contributed by atoms with Crippen LogP contribution in [0.4, 0.5) is 14.2 Å². The number of aryl methyl sites for hydroxylation is 2. The first kappa shape index (κ1) is 24.8. The van der Waals surface area contributed by atoms with Crippen molar-refractivity contribution in [2.75, 3.05) is 44.7 Å². The Kier molecular flexibility index (Phi) is 8.55. The van der Waals surface area contributed by atoms with E-state index in [-0.39, 0.29) is 29.6 Å². The maximum absolute atomic E-state index is 14.2. The number of ether oxygens (including phenoxy) is 2. The summed E-state index contributed by atoms with van der Waals surface area (Å²) in [6.45, 7) is 6.29. The van der Waals surface area contributed by atoms with Gasteiger partial charge in [-0.2, -0.15) is 4.37 Å². The smallest absolute Gasteiger partial charge is 0.344 e. The van der Waals surface area contributed by atoms with E-state index >= 15 is 0 Å². The first-order valence-electron chi connectivity index (χ1n) is 10.4. The van der Waals surface area contributed by atoms with Gasteiger partial charge in [-0.05, 0) is 42.6 Å². The van der Waals surface area contributed by atoms with Crippen LogP contribution in [0.5, 0.6) is 5.88 Å². The Balaban J connectivity index is 1.57. The fourth-order valence-electron chi connectivity index (χ4n) is 3.42. The lowest BCUT2D eigenvalue weighted by Gasteiger charge is -2.28. The largest absolute Gasteiger partial charge is 0.477 e. The number of amides is 2. The molecule has 4 N–H and O–H groups in total. The molecule has 1 aromatic carbocycles. The minimum absolute atomic E-state index is 0.0142. The van der Waals surface area contributed by atoms with Gasteiger partial charge in [0.2, 0.25) is 5.88 Å². The third kappa shape index (κ3) is 6.84. The molecule has 12 heteroatoms. The van der Waals surface area contributed by atoms with E-state index < -0.39 is 23.9 Å². The number of rotatable bonds is 9. The van der Waals surface area contributed by atoms with Gasteiger partial charge in [0.15, 0.2) is 5.56 Å². The van der Waals surface area contributed by atoms with Crippen molar-refractivity contribution in [2.45, 2.75) is 26.6 Å². The minimum Gasteiger partial charge on any atom is -0.477 e. The maximum atomic E-state index is 14.2. The van der Waals surface area contributed by atoms with Crippen LogP contribution in [-0.4, -0.2) is 77.0 Å². The van der Waals surface area contributed by atoms with Crippen molar-refractivity contribution in [1.29, 1.82) is 0 Å². The van der Waals surface area contributed by atoms with Crippen molar-refractivity contribution in [2.24, 2.45) is 0 Å². The molecule has 0 bridgehead atoms.